The smallest absolute Gasteiger partial charge is 0.0652 e. The van der Waals surface area contributed by atoms with Crippen molar-refractivity contribution in [3.05, 3.63) is 35.9 Å². The molecule has 1 aromatic carbocycles. The summed E-state index contributed by atoms with van der Waals surface area (Å²) in [6.07, 6.45) is 2.42. The summed E-state index contributed by atoms with van der Waals surface area (Å²) in [6, 6.07) is 10.8. The monoisotopic (exact) mass is 246 g/mol. The van der Waals surface area contributed by atoms with Crippen LogP contribution in [0.15, 0.2) is 30.3 Å². The molecule has 1 aromatic rings. The SMILES string of the molecule is c1ccc(CN2CCOCC23CCNCC3)cc1. The van der Waals surface area contributed by atoms with Gasteiger partial charge in [-0.15, -0.1) is 0 Å². The van der Waals surface area contributed by atoms with E-state index in [1.807, 2.05) is 0 Å². The van der Waals surface area contributed by atoms with Crippen molar-refractivity contribution in [3.8, 4) is 0 Å². The zero-order chi connectivity index (χ0) is 12.3. The van der Waals surface area contributed by atoms with Gasteiger partial charge in [0.1, 0.15) is 0 Å². The Labute approximate surface area is 109 Å². The molecule has 0 amide bonds. The molecule has 2 saturated heterocycles. The van der Waals surface area contributed by atoms with E-state index in [1.54, 1.807) is 0 Å². The topological polar surface area (TPSA) is 24.5 Å². The van der Waals surface area contributed by atoms with E-state index in [0.717, 1.165) is 39.4 Å². The van der Waals surface area contributed by atoms with Crippen LogP contribution in [0, 0.1) is 0 Å². The average molecular weight is 246 g/mol. The second kappa shape index (κ2) is 5.39. The minimum atomic E-state index is 0.277. The van der Waals surface area contributed by atoms with E-state index in [-0.39, 0.29) is 5.54 Å². The maximum Gasteiger partial charge on any atom is 0.0652 e. The Kier molecular flexibility index (Phi) is 3.64. The van der Waals surface area contributed by atoms with Gasteiger partial charge in [-0.2, -0.15) is 0 Å². The molecule has 0 aromatic heterocycles. The first-order valence-corrected chi connectivity index (χ1v) is 6.97. The van der Waals surface area contributed by atoms with Crippen molar-refractivity contribution in [2.45, 2.75) is 24.9 Å². The van der Waals surface area contributed by atoms with Crippen LogP contribution in [-0.2, 0) is 11.3 Å². The Balaban J connectivity index is 1.75. The first-order chi connectivity index (χ1) is 8.89. The van der Waals surface area contributed by atoms with Crippen LogP contribution in [0.3, 0.4) is 0 Å². The van der Waals surface area contributed by atoms with Crippen LogP contribution in [-0.4, -0.2) is 43.3 Å². The van der Waals surface area contributed by atoms with E-state index in [9.17, 15) is 0 Å². The lowest BCUT2D eigenvalue weighted by Crippen LogP contribution is -2.60. The van der Waals surface area contributed by atoms with Gasteiger partial charge in [-0.3, -0.25) is 4.90 Å². The summed E-state index contributed by atoms with van der Waals surface area (Å²) in [5.74, 6) is 0. The summed E-state index contributed by atoms with van der Waals surface area (Å²) in [4.78, 5) is 2.65. The fraction of sp³-hybridized carbons (Fsp3) is 0.600. The summed E-state index contributed by atoms with van der Waals surface area (Å²) < 4.78 is 5.76. The number of morpholine rings is 1. The molecule has 0 atom stereocenters. The van der Waals surface area contributed by atoms with Gasteiger partial charge in [0.05, 0.1) is 13.2 Å². The largest absolute Gasteiger partial charge is 0.378 e. The van der Waals surface area contributed by atoms with Gasteiger partial charge < -0.3 is 10.1 Å². The Morgan fingerprint density at radius 2 is 1.94 bits per heavy atom. The standard InChI is InChI=1S/C15H22N2O/c1-2-4-14(5-3-1)12-17-10-11-18-13-15(17)6-8-16-9-7-15/h1-5,16H,6-13H2. The zero-order valence-electron chi connectivity index (χ0n) is 10.9. The fourth-order valence-corrected chi connectivity index (χ4v) is 3.17. The molecule has 1 N–H and O–H groups in total. The Morgan fingerprint density at radius 1 is 1.17 bits per heavy atom. The predicted octanol–water partition coefficient (Wildman–Crippen LogP) is 1.64. The van der Waals surface area contributed by atoms with E-state index >= 15 is 0 Å². The number of hydrogen-bond donors (Lipinski definition) is 1. The van der Waals surface area contributed by atoms with E-state index < -0.39 is 0 Å². The summed E-state index contributed by atoms with van der Waals surface area (Å²) in [6.45, 7) is 6.14. The van der Waals surface area contributed by atoms with Gasteiger partial charge >= 0.3 is 0 Å². The molecule has 1 spiro atoms. The lowest BCUT2D eigenvalue weighted by molar-refractivity contribution is -0.0866. The van der Waals surface area contributed by atoms with Crippen molar-refractivity contribution >= 4 is 0 Å². The number of piperidine rings is 1. The molecule has 2 fully saturated rings. The highest BCUT2D eigenvalue weighted by molar-refractivity contribution is 5.15. The normalized spacial score (nSPS) is 24.2. The molecule has 0 aliphatic carbocycles. The molecule has 2 aliphatic heterocycles. The van der Waals surface area contributed by atoms with Crippen LogP contribution < -0.4 is 5.32 Å². The van der Waals surface area contributed by atoms with Crippen LogP contribution in [0.1, 0.15) is 18.4 Å². The lowest BCUT2D eigenvalue weighted by Gasteiger charge is -2.49. The highest BCUT2D eigenvalue weighted by Crippen LogP contribution is 2.30. The van der Waals surface area contributed by atoms with Gasteiger partial charge in [-0.1, -0.05) is 30.3 Å². The molecule has 2 aliphatic rings. The number of ether oxygens (including phenoxy) is 1. The fourth-order valence-electron chi connectivity index (χ4n) is 3.17. The molecule has 3 heteroatoms. The molecular weight excluding hydrogens is 224 g/mol. The van der Waals surface area contributed by atoms with Crippen LogP contribution in [0.2, 0.25) is 0 Å². The number of rotatable bonds is 2. The van der Waals surface area contributed by atoms with Crippen LogP contribution in [0.25, 0.3) is 0 Å². The second-order valence-electron chi connectivity index (χ2n) is 5.43. The summed E-state index contributed by atoms with van der Waals surface area (Å²) in [5.41, 5.74) is 1.69. The van der Waals surface area contributed by atoms with Crippen LogP contribution in [0.4, 0.5) is 0 Å². The zero-order valence-corrected chi connectivity index (χ0v) is 10.9. The minimum absolute atomic E-state index is 0.277. The summed E-state index contributed by atoms with van der Waals surface area (Å²) in [7, 11) is 0. The molecule has 18 heavy (non-hydrogen) atoms. The maximum atomic E-state index is 5.76. The van der Waals surface area contributed by atoms with E-state index in [0.29, 0.717) is 0 Å². The molecule has 2 heterocycles. The van der Waals surface area contributed by atoms with Gasteiger partial charge in [0.25, 0.3) is 0 Å². The van der Waals surface area contributed by atoms with Crippen LogP contribution in [0.5, 0.6) is 0 Å². The van der Waals surface area contributed by atoms with Crippen molar-refractivity contribution in [2.24, 2.45) is 0 Å². The molecule has 3 rings (SSSR count). The van der Waals surface area contributed by atoms with Gasteiger partial charge in [-0.25, -0.2) is 0 Å². The third-order valence-electron chi connectivity index (χ3n) is 4.30. The Bertz CT molecular complexity index is 365. The quantitative estimate of drug-likeness (QED) is 0.858. The van der Waals surface area contributed by atoms with Crippen molar-refractivity contribution in [1.82, 2.24) is 10.2 Å². The average Bonchev–Trinajstić information content (AvgIpc) is 2.44. The number of hydrogen-bond acceptors (Lipinski definition) is 3. The maximum absolute atomic E-state index is 5.76. The van der Waals surface area contributed by atoms with E-state index in [1.165, 1.54) is 18.4 Å². The molecule has 98 valence electrons. The predicted molar refractivity (Wildman–Crippen MR) is 72.5 cm³/mol. The van der Waals surface area contributed by atoms with Crippen molar-refractivity contribution in [3.63, 3.8) is 0 Å². The Hall–Kier alpha value is -0.900. The molecule has 3 nitrogen and oxygen atoms in total. The van der Waals surface area contributed by atoms with E-state index in [2.05, 4.69) is 40.5 Å². The molecular formula is C15H22N2O. The summed E-state index contributed by atoms with van der Waals surface area (Å²) in [5, 5.41) is 3.46. The van der Waals surface area contributed by atoms with Gasteiger partial charge in [0, 0.05) is 18.6 Å². The number of benzene rings is 1. The molecule has 0 bridgehead atoms. The third-order valence-corrected chi connectivity index (χ3v) is 4.30. The van der Waals surface area contributed by atoms with Gasteiger partial charge in [-0.05, 0) is 31.5 Å². The molecule has 0 unspecified atom stereocenters. The number of nitrogens with zero attached hydrogens (tertiary/aromatic N) is 1. The highest BCUT2D eigenvalue weighted by Gasteiger charge is 2.40. The van der Waals surface area contributed by atoms with E-state index in [4.69, 9.17) is 4.74 Å². The van der Waals surface area contributed by atoms with Crippen molar-refractivity contribution in [2.75, 3.05) is 32.8 Å². The molecule has 0 radical (unpaired) electrons. The Morgan fingerprint density at radius 3 is 2.72 bits per heavy atom. The minimum Gasteiger partial charge on any atom is -0.378 e. The first-order valence-electron chi connectivity index (χ1n) is 6.97. The molecule has 0 saturated carbocycles. The van der Waals surface area contributed by atoms with Crippen molar-refractivity contribution in [1.29, 1.82) is 0 Å². The second-order valence-corrected chi connectivity index (χ2v) is 5.43. The van der Waals surface area contributed by atoms with Crippen LogP contribution >= 0.6 is 0 Å². The first kappa shape index (κ1) is 12.2. The summed E-state index contributed by atoms with van der Waals surface area (Å²) >= 11 is 0. The highest BCUT2D eigenvalue weighted by atomic mass is 16.5. The number of nitrogens with one attached hydrogen (secondary N) is 1. The van der Waals surface area contributed by atoms with Gasteiger partial charge in [0.2, 0.25) is 0 Å². The lowest BCUT2D eigenvalue weighted by atomic mass is 9.86. The van der Waals surface area contributed by atoms with Crippen molar-refractivity contribution < 1.29 is 4.74 Å². The van der Waals surface area contributed by atoms with Gasteiger partial charge in [0.15, 0.2) is 0 Å². The third kappa shape index (κ3) is 2.44.